The summed E-state index contributed by atoms with van der Waals surface area (Å²) in [6.45, 7) is 2.78. The Morgan fingerprint density at radius 3 is 2.64 bits per heavy atom. The Labute approximate surface area is 199 Å². The molecule has 4 rings (SSSR count). The molecule has 170 valence electrons. The summed E-state index contributed by atoms with van der Waals surface area (Å²) in [4.78, 5) is 34.3. The Balaban J connectivity index is 1.67. The maximum atomic E-state index is 11.9. The van der Waals surface area contributed by atoms with Crippen molar-refractivity contribution in [2.24, 2.45) is 5.73 Å². The van der Waals surface area contributed by atoms with E-state index in [1.165, 1.54) is 6.20 Å². The zero-order valence-electron chi connectivity index (χ0n) is 18.2. The number of carbonyl (C=O) groups is 2. The number of methoxy groups -OCH3 is 1. The Kier molecular flexibility index (Phi) is 6.45. The van der Waals surface area contributed by atoms with Gasteiger partial charge in [-0.25, -0.2) is 4.98 Å². The number of para-hydroxylation sites is 1. The highest BCUT2D eigenvalue weighted by molar-refractivity contribution is 9.10. The summed E-state index contributed by atoms with van der Waals surface area (Å²) in [5, 5.41) is 6.30. The second-order valence-electron chi connectivity index (χ2n) is 7.56. The van der Waals surface area contributed by atoms with E-state index in [0.29, 0.717) is 24.5 Å². The van der Waals surface area contributed by atoms with Gasteiger partial charge in [0.25, 0.3) is 5.91 Å². The normalized spacial score (nSPS) is 12.6. The Hall–Kier alpha value is -3.66. The first-order chi connectivity index (χ1) is 15.9. The topological polar surface area (TPSA) is 122 Å². The number of benzene rings is 2. The summed E-state index contributed by atoms with van der Waals surface area (Å²) in [5.74, 6) is 0.553. The van der Waals surface area contributed by atoms with Gasteiger partial charge in [0, 0.05) is 30.7 Å². The van der Waals surface area contributed by atoms with E-state index in [9.17, 15) is 9.59 Å². The molecule has 0 spiro atoms. The molecule has 0 saturated carbocycles. The van der Waals surface area contributed by atoms with E-state index in [0.717, 1.165) is 27.7 Å². The lowest BCUT2D eigenvalue weighted by Gasteiger charge is -2.29. The number of anilines is 4. The molecule has 1 aliphatic heterocycles. The van der Waals surface area contributed by atoms with Gasteiger partial charge in [0.1, 0.15) is 17.1 Å². The fourth-order valence-corrected chi connectivity index (χ4v) is 4.03. The van der Waals surface area contributed by atoms with Crippen LogP contribution in [-0.4, -0.2) is 40.3 Å². The maximum Gasteiger partial charge on any atom is 0.254 e. The molecule has 0 atom stereocenters. The molecule has 0 fully saturated rings. The van der Waals surface area contributed by atoms with Gasteiger partial charge < -0.3 is 26.0 Å². The first-order valence-electron chi connectivity index (χ1n) is 10.3. The van der Waals surface area contributed by atoms with E-state index in [-0.39, 0.29) is 23.2 Å². The average molecular weight is 511 g/mol. The molecule has 2 aromatic carbocycles. The number of hydrogen-bond acceptors (Lipinski definition) is 7. The number of nitrogens with one attached hydrogen (secondary N) is 2. The number of nitrogens with zero attached hydrogens (tertiary/aromatic N) is 3. The first-order valence-corrected chi connectivity index (χ1v) is 11.1. The molecule has 0 radical (unpaired) electrons. The molecule has 2 heterocycles. The summed E-state index contributed by atoms with van der Waals surface area (Å²) in [6, 6.07) is 11.4. The van der Waals surface area contributed by atoms with E-state index in [1.807, 2.05) is 36.4 Å². The molecule has 2 amide bonds. The van der Waals surface area contributed by atoms with Gasteiger partial charge in [0.2, 0.25) is 11.9 Å². The Morgan fingerprint density at radius 2 is 1.94 bits per heavy atom. The van der Waals surface area contributed by atoms with Crippen molar-refractivity contribution in [3.8, 4) is 5.75 Å². The van der Waals surface area contributed by atoms with Gasteiger partial charge in [-0.3, -0.25) is 9.59 Å². The van der Waals surface area contributed by atoms with Crippen LogP contribution in [0.1, 0.15) is 28.4 Å². The lowest BCUT2D eigenvalue weighted by atomic mass is 9.98. The zero-order valence-corrected chi connectivity index (χ0v) is 19.8. The van der Waals surface area contributed by atoms with E-state index < -0.39 is 5.91 Å². The van der Waals surface area contributed by atoms with E-state index in [1.54, 1.807) is 18.9 Å². The predicted molar refractivity (Wildman–Crippen MR) is 129 cm³/mol. The number of rotatable bonds is 6. The third-order valence-electron chi connectivity index (χ3n) is 5.41. The van der Waals surface area contributed by atoms with Crippen molar-refractivity contribution >= 4 is 50.9 Å². The van der Waals surface area contributed by atoms with Crippen LogP contribution in [0.3, 0.4) is 0 Å². The number of fused-ring (bicyclic) bond motifs is 1. The molecule has 10 heteroatoms. The highest BCUT2D eigenvalue weighted by atomic mass is 79.9. The molecular formula is C23H23BrN6O3. The molecule has 1 aliphatic rings. The predicted octanol–water partition coefficient (Wildman–Crippen LogP) is 3.74. The second-order valence-corrected chi connectivity index (χ2v) is 8.42. The van der Waals surface area contributed by atoms with Crippen LogP contribution in [0.5, 0.6) is 5.75 Å². The Morgan fingerprint density at radius 1 is 1.15 bits per heavy atom. The van der Waals surface area contributed by atoms with Crippen LogP contribution in [0.25, 0.3) is 0 Å². The second kappa shape index (κ2) is 9.45. The van der Waals surface area contributed by atoms with Gasteiger partial charge >= 0.3 is 0 Å². The van der Waals surface area contributed by atoms with Gasteiger partial charge in [-0.15, -0.1) is 0 Å². The number of hydrogen-bond donors (Lipinski definition) is 3. The number of amides is 2. The molecule has 4 N–H and O–H groups in total. The van der Waals surface area contributed by atoms with Crippen LogP contribution in [-0.2, 0) is 17.8 Å². The molecular weight excluding hydrogens is 488 g/mol. The number of aromatic nitrogens is 2. The Bertz CT molecular complexity index is 1230. The monoisotopic (exact) mass is 510 g/mol. The van der Waals surface area contributed by atoms with Crippen molar-refractivity contribution in [1.29, 1.82) is 0 Å². The molecule has 1 aromatic heterocycles. The third-order valence-corrected chi connectivity index (χ3v) is 6.10. The van der Waals surface area contributed by atoms with Gasteiger partial charge in [-0.05, 0) is 57.7 Å². The van der Waals surface area contributed by atoms with Crippen molar-refractivity contribution in [2.45, 2.75) is 19.9 Å². The van der Waals surface area contributed by atoms with Crippen LogP contribution in [0, 0.1) is 0 Å². The highest BCUT2D eigenvalue weighted by Gasteiger charge is 2.21. The summed E-state index contributed by atoms with van der Waals surface area (Å²) in [6.07, 6.45) is 2.13. The lowest BCUT2D eigenvalue weighted by molar-refractivity contribution is -0.129. The van der Waals surface area contributed by atoms with Gasteiger partial charge in [-0.2, -0.15) is 4.98 Å². The summed E-state index contributed by atoms with van der Waals surface area (Å²) < 4.78 is 6.37. The minimum atomic E-state index is -0.646. The van der Waals surface area contributed by atoms with Crippen LogP contribution in [0.2, 0.25) is 0 Å². The molecule has 0 aliphatic carbocycles. The molecule has 0 saturated heterocycles. The first kappa shape index (κ1) is 22.5. The van der Waals surface area contributed by atoms with Crippen LogP contribution in [0.15, 0.2) is 47.1 Å². The summed E-state index contributed by atoms with van der Waals surface area (Å²) >= 11 is 3.47. The number of carbonyl (C=O) groups excluding carboxylic acids is 2. The lowest BCUT2D eigenvalue weighted by Crippen LogP contribution is -2.34. The van der Waals surface area contributed by atoms with Gasteiger partial charge in [-0.1, -0.05) is 12.1 Å². The average Bonchev–Trinajstić information content (AvgIpc) is 2.79. The fourth-order valence-electron chi connectivity index (χ4n) is 3.65. The quantitative estimate of drug-likeness (QED) is 0.461. The van der Waals surface area contributed by atoms with E-state index in [4.69, 9.17) is 10.5 Å². The summed E-state index contributed by atoms with van der Waals surface area (Å²) in [5.41, 5.74) is 9.22. The van der Waals surface area contributed by atoms with Crippen molar-refractivity contribution < 1.29 is 14.3 Å². The van der Waals surface area contributed by atoms with E-state index in [2.05, 4.69) is 36.5 Å². The van der Waals surface area contributed by atoms with Crippen molar-refractivity contribution in [3.05, 3.63) is 63.8 Å². The minimum absolute atomic E-state index is 0.0409. The number of nitrogens with two attached hydrogens (primary N) is 1. The largest absolute Gasteiger partial charge is 0.495 e. The molecule has 3 aromatic rings. The van der Waals surface area contributed by atoms with Crippen molar-refractivity contribution in [1.82, 2.24) is 14.9 Å². The number of halogens is 1. The molecule has 0 bridgehead atoms. The van der Waals surface area contributed by atoms with Crippen molar-refractivity contribution in [3.63, 3.8) is 0 Å². The highest BCUT2D eigenvalue weighted by Crippen LogP contribution is 2.34. The van der Waals surface area contributed by atoms with Gasteiger partial charge in [0.15, 0.2) is 0 Å². The zero-order chi connectivity index (χ0) is 23.5. The molecule has 33 heavy (non-hydrogen) atoms. The SMILES string of the molecule is COc1cc2c(cc1Nc1ncc(C(N)=O)c(Nc3ccccc3Br)n1)CN(C(C)=O)CC2. The molecule has 0 unspecified atom stereocenters. The third kappa shape index (κ3) is 4.90. The van der Waals surface area contributed by atoms with E-state index >= 15 is 0 Å². The minimum Gasteiger partial charge on any atom is -0.495 e. The van der Waals surface area contributed by atoms with Crippen LogP contribution < -0.4 is 21.1 Å². The number of ether oxygens (including phenoxy) is 1. The summed E-state index contributed by atoms with van der Waals surface area (Å²) in [7, 11) is 1.59. The van der Waals surface area contributed by atoms with Gasteiger partial charge in [0.05, 0.1) is 18.5 Å². The van der Waals surface area contributed by atoms with Crippen molar-refractivity contribution in [2.75, 3.05) is 24.3 Å². The standard InChI is InChI=1S/C23H23BrN6O3/c1-13(31)30-8-7-14-10-20(33-2)19(9-15(14)12-30)28-23-26-11-16(21(25)32)22(29-23)27-18-6-4-3-5-17(18)24/h3-6,9-11H,7-8,12H2,1-2H3,(H2,25,32)(H2,26,27,28,29). The fraction of sp³-hybridized carbons (Fsp3) is 0.217. The molecule has 9 nitrogen and oxygen atoms in total. The van der Waals surface area contributed by atoms with Crippen LogP contribution in [0.4, 0.5) is 23.1 Å². The van der Waals surface area contributed by atoms with Crippen LogP contribution >= 0.6 is 15.9 Å². The number of primary amides is 1. The maximum absolute atomic E-state index is 11.9. The smallest absolute Gasteiger partial charge is 0.254 e.